The lowest BCUT2D eigenvalue weighted by Crippen LogP contribution is -2.39. The molecule has 3 aromatic rings. The van der Waals surface area contributed by atoms with Crippen molar-refractivity contribution in [3.8, 4) is 0 Å². The first-order valence-corrected chi connectivity index (χ1v) is 9.52. The molecule has 0 aromatic carbocycles. The van der Waals surface area contributed by atoms with Crippen LogP contribution in [0.1, 0.15) is 19.9 Å². The van der Waals surface area contributed by atoms with Crippen LogP contribution in [0.15, 0.2) is 24.9 Å². The highest BCUT2D eigenvalue weighted by molar-refractivity contribution is 5.84. The van der Waals surface area contributed by atoms with Crippen molar-refractivity contribution < 1.29 is 4.74 Å². The van der Waals surface area contributed by atoms with Crippen molar-refractivity contribution in [2.24, 2.45) is 0 Å². The van der Waals surface area contributed by atoms with Gasteiger partial charge in [0.05, 0.1) is 25.7 Å². The first-order chi connectivity index (χ1) is 13.7. The second-order valence-electron chi connectivity index (χ2n) is 6.91. The fraction of sp³-hybridized carbons (Fsp3) is 0.500. The van der Waals surface area contributed by atoms with E-state index in [1.54, 1.807) is 18.6 Å². The molecule has 1 fully saturated rings. The SMILES string of the molecule is CC(C)n1cnc2c(NCCN3CCOCC3)nc(Nc3cnccn3)nc21. The maximum absolute atomic E-state index is 5.40. The summed E-state index contributed by atoms with van der Waals surface area (Å²) in [6.45, 7) is 9.41. The standard InChI is InChI=1S/C18H25N9O/c1-13(2)27-12-22-15-16(21-5-6-26-7-9-28-10-8-26)24-18(25-17(15)27)23-14-11-19-3-4-20-14/h3-4,11-13H,5-10H2,1-2H3,(H2,20,21,23,24,25). The van der Waals surface area contributed by atoms with Crippen LogP contribution in [-0.4, -0.2) is 73.8 Å². The molecule has 148 valence electrons. The number of hydrogen-bond donors (Lipinski definition) is 2. The molecule has 4 rings (SSSR count). The average Bonchev–Trinajstić information content (AvgIpc) is 3.14. The van der Waals surface area contributed by atoms with Crippen LogP contribution in [0, 0.1) is 0 Å². The number of anilines is 3. The van der Waals surface area contributed by atoms with Crippen molar-refractivity contribution in [1.82, 2.24) is 34.4 Å². The minimum absolute atomic E-state index is 0.241. The minimum Gasteiger partial charge on any atom is -0.379 e. The maximum Gasteiger partial charge on any atom is 0.232 e. The van der Waals surface area contributed by atoms with Gasteiger partial charge in [-0.25, -0.2) is 9.97 Å². The Labute approximate surface area is 163 Å². The third-order valence-electron chi connectivity index (χ3n) is 4.60. The van der Waals surface area contributed by atoms with E-state index in [1.807, 2.05) is 10.9 Å². The normalized spacial score (nSPS) is 15.2. The largest absolute Gasteiger partial charge is 0.379 e. The van der Waals surface area contributed by atoms with E-state index in [2.05, 4.69) is 54.3 Å². The van der Waals surface area contributed by atoms with E-state index in [0.29, 0.717) is 17.6 Å². The highest BCUT2D eigenvalue weighted by Gasteiger charge is 2.16. The molecule has 10 nitrogen and oxygen atoms in total. The molecule has 0 bridgehead atoms. The quantitative estimate of drug-likeness (QED) is 0.630. The zero-order valence-corrected chi connectivity index (χ0v) is 16.2. The molecule has 3 aromatic heterocycles. The molecule has 0 unspecified atom stereocenters. The Balaban J connectivity index is 1.57. The van der Waals surface area contributed by atoms with E-state index in [4.69, 9.17) is 4.74 Å². The topological polar surface area (TPSA) is 106 Å². The monoisotopic (exact) mass is 383 g/mol. The van der Waals surface area contributed by atoms with E-state index < -0.39 is 0 Å². The van der Waals surface area contributed by atoms with Crippen LogP contribution in [0.25, 0.3) is 11.2 Å². The van der Waals surface area contributed by atoms with Gasteiger partial charge in [0, 0.05) is 44.6 Å². The predicted molar refractivity (Wildman–Crippen MR) is 107 cm³/mol. The molecule has 0 aliphatic carbocycles. The Bertz CT molecular complexity index is 906. The molecule has 1 aliphatic heterocycles. The molecule has 4 heterocycles. The van der Waals surface area contributed by atoms with E-state index in [-0.39, 0.29) is 6.04 Å². The predicted octanol–water partition coefficient (Wildman–Crippen LogP) is 1.68. The van der Waals surface area contributed by atoms with E-state index in [1.165, 1.54) is 0 Å². The van der Waals surface area contributed by atoms with E-state index in [9.17, 15) is 0 Å². The molecule has 1 saturated heterocycles. The van der Waals surface area contributed by atoms with Gasteiger partial charge in [-0.05, 0) is 13.8 Å². The van der Waals surface area contributed by atoms with Crippen LogP contribution in [0.2, 0.25) is 0 Å². The zero-order chi connectivity index (χ0) is 19.3. The lowest BCUT2D eigenvalue weighted by molar-refractivity contribution is 0.0398. The summed E-state index contributed by atoms with van der Waals surface area (Å²) in [5, 5.41) is 6.56. The molecule has 0 atom stereocenters. The number of rotatable bonds is 7. The number of nitrogens with zero attached hydrogens (tertiary/aromatic N) is 7. The molecule has 1 aliphatic rings. The summed E-state index contributed by atoms with van der Waals surface area (Å²) in [6, 6.07) is 0.241. The summed E-state index contributed by atoms with van der Waals surface area (Å²) in [4.78, 5) is 24.5. The lowest BCUT2D eigenvalue weighted by Gasteiger charge is -2.26. The summed E-state index contributed by atoms with van der Waals surface area (Å²) in [6.07, 6.45) is 6.70. The Kier molecular flexibility index (Phi) is 5.58. The highest BCUT2D eigenvalue weighted by atomic mass is 16.5. The molecule has 2 N–H and O–H groups in total. The minimum atomic E-state index is 0.241. The Hall–Kier alpha value is -2.85. The second-order valence-corrected chi connectivity index (χ2v) is 6.91. The van der Waals surface area contributed by atoms with Crippen molar-refractivity contribution in [1.29, 1.82) is 0 Å². The van der Waals surface area contributed by atoms with Crippen LogP contribution < -0.4 is 10.6 Å². The van der Waals surface area contributed by atoms with Crippen molar-refractivity contribution in [3.63, 3.8) is 0 Å². The van der Waals surface area contributed by atoms with Crippen molar-refractivity contribution in [2.75, 3.05) is 50.0 Å². The molecule has 0 spiro atoms. The molecule has 10 heteroatoms. The van der Waals surface area contributed by atoms with Crippen molar-refractivity contribution >= 4 is 28.7 Å². The summed E-state index contributed by atoms with van der Waals surface area (Å²) in [5.41, 5.74) is 1.55. The zero-order valence-electron chi connectivity index (χ0n) is 16.2. The number of morpholine rings is 1. The van der Waals surface area contributed by atoms with Gasteiger partial charge in [-0.3, -0.25) is 9.88 Å². The molecular formula is C18H25N9O. The van der Waals surface area contributed by atoms with Gasteiger partial charge in [-0.1, -0.05) is 0 Å². The molecule has 0 radical (unpaired) electrons. The first-order valence-electron chi connectivity index (χ1n) is 9.52. The van der Waals surface area contributed by atoms with Crippen LogP contribution in [0.4, 0.5) is 17.6 Å². The van der Waals surface area contributed by atoms with Gasteiger partial charge in [0.15, 0.2) is 22.8 Å². The first kappa shape index (κ1) is 18.5. The van der Waals surface area contributed by atoms with Crippen molar-refractivity contribution in [3.05, 3.63) is 24.9 Å². The Morgan fingerprint density at radius 1 is 1.14 bits per heavy atom. The maximum atomic E-state index is 5.40. The van der Waals surface area contributed by atoms with Gasteiger partial charge in [0.25, 0.3) is 0 Å². The van der Waals surface area contributed by atoms with Crippen LogP contribution in [0.5, 0.6) is 0 Å². The summed E-state index contributed by atoms with van der Waals surface area (Å²) in [7, 11) is 0. The number of imidazole rings is 1. The second kappa shape index (κ2) is 8.44. The van der Waals surface area contributed by atoms with Gasteiger partial charge in [-0.15, -0.1) is 0 Å². The van der Waals surface area contributed by atoms with Crippen molar-refractivity contribution in [2.45, 2.75) is 19.9 Å². The average molecular weight is 383 g/mol. The van der Waals surface area contributed by atoms with Crippen LogP contribution >= 0.6 is 0 Å². The fourth-order valence-electron chi connectivity index (χ4n) is 3.11. The van der Waals surface area contributed by atoms with Gasteiger partial charge >= 0.3 is 0 Å². The number of fused-ring (bicyclic) bond motifs is 1. The highest BCUT2D eigenvalue weighted by Crippen LogP contribution is 2.24. The number of aromatic nitrogens is 6. The molecular weight excluding hydrogens is 358 g/mol. The third-order valence-corrected chi connectivity index (χ3v) is 4.60. The summed E-state index contributed by atoms with van der Waals surface area (Å²) < 4.78 is 7.44. The number of nitrogens with one attached hydrogen (secondary N) is 2. The number of ether oxygens (including phenoxy) is 1. The van der Waals surface area contributed by atoms with Gasteiger partial charge in [0.1, 0.15) is 0 Å². The van der Waals surface area contributed by atoms with Gasteiger partial charge < -0.3 is 19.9 Å². The van der Waals surface area contributed by atoms with Crippen LogP contribution in [0.3, 0.4) is 0 Å². The fourth-order valence-corrected chi connectivity index (χ4v) is 3.11. The number of hydrogen-bond acceptors (Lipinski definition) is 9. The van der Waals surface area contributed by atoms with Crippen LogP contribution in [-0.2, 0) is 4.74 Å². The Morgan fingerprint density at radius 2 is 2.00 bits per heavy atom. The summed E-state index contributed by atoms with van der Waals surface area (Å²) in [5.74, 6) is 1.77. The van der Waals surface area contributed by atoms with Gasteiger partial charge in [0.2, 0.25) is 5.95 Å². The lowest BCUT2D eigenvalue weighted by atomic mass is 10.4. The van der Waals surface area contributed by atoms with E-state index in [0.717, 1.165) is 50.6 Å². The van der Waals surface area contributed by atoms with E-state index >= 15 is 0 Å². The molecule has 28 heavy (non-hydrogen) atoms. The van der Waals surface area contributed by atoms with Gasteiger partial charge in [-0.2, -0.15) is 9.97 Å². The third kappa shape index (κ3) is 4.18. The summed E-state index contributed by atoms with van der Waals surface area (Å²) >= 11 is 0. The Morgan fingerprint density at radius 3 is 2.75 bits per heavy atom. The molecule has 0 amide bonds. The molecule has 0 saturated carbocycles. The smallest absolute Gasteiger partial charge is 0.232 e.